The molecule has 3 heterocycles. The quantitative estimate of drug-likeness (QED) is 0.642. The highest BCUT2D eigenvalue weighted by Gasteiger charge is 2.28. The van der Waals surface area contributed by atoms with Crippen molar-refractivity contribution in [2.45, 2.75) is 25.3 Å². The molecule has 2 fully saturated rings. The van der Waals surface area contributed by atoms with E-state index in [1.807, 2.05) is 29.0 Å². The van der Waals surface area contributed by atoms with Crippen LogP contribution in [-0.4, -0.2) is 59.9 Å². The highest BCUT2D eigenvalue weighted by atomic mass is 16.5. The number of anilines is 1. The molecule has 0 atom stereocenters. The lowest BCUT2D eigenvalue weighted by molar-refractivity contribution is 0.245. The molecular weight excluding hydrogens is 366 g/mol. The minimum atomic E-state index is 0.650. The molecule has 1 aromatic carbocycles. The fourth-order valence-corrected chi connectivity index (χ4v) is 4.11. The zero-order valence-corrected chi connectivity index (χ0v) is 17.0. The van der Waals surface area contributed by atoms with E-state index < -0.39 is 0 Å². The van der Waals surface area contributed by atoms with E-state index in [-0.39, 0.29) is 0 Å². The van der Waals surface area contributed by atoms with Gasteiger partial charge in [-0.3, -0.25) is 4.90 Å². The van der Waals surface area contributed by atoms with Crippen molar-refractivity contribution in [2.75, 3.05) is 45.3 Å². The van der Waals surface area contributed by atoms with Gasteiger partial charge in [0, 0.05) is 56.6 Å². The molecule has 2 aliphatic rings. The summed E-state index contributed by atoms with van der Waals surface area (Å²) in [6, 6.07) is 8.22. The van der Waals surface area contributed by atoms with E-state index >= 15 is 0 Å². The van der Waals surface area contributed by atoms with Crippen LogP contribution < -0.4 is 14.4 Å². The summed E-state index contributed by atoms with van der Waals surface area (Å²) in [4.78, 5) is 9.53. The van der Waals surface area contributed by atoms with Crippen LogP contribution in [0.3, 0.4) is 0 Å². The molecule has 2 aromatic heterocycles. The molecule has 1 saturated heterocycles. The van der Waals surface area contributed by atoms with Crippen LogP contribution in [0, 0.1) is 0 Å². The van der Waals surface area contributed by atoms with Gasteiger partial charge in [-0.05, 0) is 37.1 Å². The first kappa shape index (κ1) is 18.2. The van der Waals surface area contributed by atoms with Crippen LogP contribution in [-0.2, 0) is 6.54 Å². The molecule has 0 unspecified atom stereocenters. The SMILES string of the molecule is COc1ccc(OC)c(CN2CCN(c3nccn4nc(C5CC5)cc34)CC2)c1. The molecular formula is C22H27N5O2. The Labute approximate surface area is 170 Å². The summed E-state index contributed by atoms with van der Waals surface area (Å²) >= 11 is 0. The third kappa shape index (κ3) is 3.62. The Morgan fingerprint density at radius 3 is 2.59 bits per heavy atom. The number of aromatic nitrogens is 3. The molecule has 1 aliphatic heterocycles. The second kappa shape index (κ2) is 7.55. The molecule has 0 N–H and O–H groups in total. The Hall–Kier alpha value is -2.80. The summed E-state index contributed by atoms with van der Waals surface area (Å²) in [7, 11) is 3.42. The predicted octanol–water partition coefficient (Wildman–Crippen LogP) is 2.95. The molecule has 29 heavy (non-hydrogen) atoms. The van der Waals surface area contributed by atoms with Crippen LogP contribution in [0.15, 0.2) is 36.7 Å². The van der Waals surface area contributed by atoms with Crippen molar-refractivity contribution in [3.05, 3.63) is 47.9 Å². The molecule has 7 heteroatoms. The van der Waals surface area contributed by atoms with Gasteiger partial charge in [0.05, 0.1) is 19.9 Å². The lowest BCUT2D eigenvalue weighted by atomic mass is 10.1. The summed E-state index contributed by atoms with van der Waals surface area (Å²) in [5.74, 6) is 3.47. The van der Waals surface area contributed by atoms with Gasteiger partial charge < -0.3 is 14.4 Å². The van der Waals surface area contributed by atoms with Crippen molar-refractivity contribution in [1.82, 2.24) is 19.5 Å². The molecule has 7 nitrogen and oxygen atoms in total. The summed E-state index contributed by atoms with van der Waals surface area (Å²) < 4.78 is 12.9. The number of ether oxygens (including phenoxy) is 2. The van der Waals surface area contributed by atoms with Crippen molar-refractivity contribution >= 4 is 11.3 Å². The second-order valence-corrected chi connectivity index (χ2v) is 7.87. The van der Waals surface area contributed by atoms with Gasteiger partial charge in [0.2, 0.25) is 0 Å². The van der Waals surface area contributed by atoms with Gasteiger partial charge in [-0.25, -0.2) is 9.50 Å². The van der Waals surface area contributed by atoms with Crippen LogP contribution in [0.1, 0.15) is 30.0 Å². The van der Waals surface area contributed by atoms with Crippen molar-refractivity contribution in [3.8, 4) is 11.5 Å². The molecule has 5 rings (SSSR count). The van der Waals surface area contributed by atoms with E-state index in [1.54, 1.807) is 14.2 Å². The van der Waals surface area contributed by atoms with Gasteiger partial charge in [0.25, 0.3) is 0 Å². The van der Waals surface area contributed by atoms with E-state index in [9.17, 15) is 0 Å². The number of benzene rings is 1. The van der Waals surface area contributed by atoms with Crippen LogP contribution >= 0.6 is 0 Å². The van der Waals surface area contributed by atoms with Crippen LogP contribution in [0.4, 0.5) is 5.82 Å². The van der Waals surface area contributed by atoms with Crippen LogP contribution in [0.2, 0.25) is 0 Å². The number of rotatable bonds is 6. The van der Waals surface area contributed by atoms with Crippen molar-refractivity contribution in [2.24, 2.45) is 0 Å². The number of methoxy groups -OCH3 is 2. The van der Waals surface area contributed by atoms with Gasteiger partial charge in [-0.15, -0.1) is 0 Å². The lowest BCUT2D eigenvalue weighted by Crippen LogP contribution is -2.46. The third-order valence-electron chi connectivity index (χ3n) is 5.94. The Kier molecular flexibility index (Phi) is 4.75. The van der Waals surface area contributed by atoms with Crippen molar-refractivity contribution in [1.29, 1.82) is 0 Å². The summed E-state index contributed by atoms with van der Waals surface area (Å²) in [5, 5.41) is 4.75. The minimum Gasteiger partial charge on any atom is -0.497 e. The highest BCUT2D eigenvalue weighted by Crippen LogP contribution is 2.40. The fraction of sp³-hybridized carbons (Fsp3) is 0.455. The lowest BCUT2D eigenvalue weighted by Gasteiger charge is -2.35. The van der Waals surface area contributed by atoms with Gasteiger partial charge >= 0.3 is 0 Å². The first-order valence-corrected chi connectivity index (χ1v) is 10.3. The maximum Gasteiger partial charge on any atom is 0.154 e. The Balaban J connectivity index is 1.29. The minimum absolute atomic E-state index is 0.650. The molecule has 1 aliphatic carbocycles. The smallest absolute Gasteiger partial charge is 0.154 e. The molecule has 0 spiro atoms. The van der Waals surface area contributed by atoms with E-state index in [4.69, 9.17) is 19.6 Å². The van der Waals surface area contributed by atoms with Gasteiger partial charge in [-0.1, -0.05) is 0 Å². The van der Waals surface area contributed by atoms with Crippen LogP contribution in [0.5, 0.6) is 11.5 Å². The molecule has 0 amide bonds. The van der Waals surface area contributed by atoms with Crippen molar-refractivity contribution < 1.29 is 9.47 Å². The monoisotopic (exact) mass is 393 g/mol. The van der Waals surface area contributed by atoms with Crippen LogP contribution in [0.25, 0.3) is 5.52 Å². The van der Waals surface area contributed by atoms with Gasteiger partial charge in [-0.2, -0.15) is 5.10 Å². The van der Waals surface area contributed by atoms with E-state index in [0.29, 0.717) is 5.92 Å². The average Bonchev–Trinajstić information content (AvgIpc) is 3.52. The highest BCUT2D eigenvalue weighted by molar-refractivity contribution is 5.69. The predicted molar refractivity (Wildman–Crippen MR) is 112 cm³/mol. The molecule has 0 bridgehead atoms. The molecule has 1 saturated carbocycles. The molecule has 3 aromatic rings. The Morgan fingerprint density at radius 1 is 1.03 bits per heavy atom. The Bertz CT molecular complexity index is 1010. The first-order valence-electron chi connectivity index (χ1n) is 10.3. The van der Waals surface area contributed by atoms with Gasteiger partial charge in [0.1, 0.15) is 17.0 Å². The molecule has 0 radical (unpaired) electrons. The van der Waals surface area contributed by atoms with E-state index in [0.717, 1.165) is 61.1 Å². The van der Waals surface area contributed by atoms with Gasteiger partial charge in [0.15, 0.2) is 5.82 Å². The number of nitrogens with zero attached hydrogens (tertiary/aromatic N) is 5. The van der Waals surface area contributed by atoms with E-state index in [2.05, 4.69) is 21.9 Å². The van der Waals surface area contributed by atoms with E-state index in [1.165, 1.54) is 18.5 Å². The number of fused-ring (bicyclic) bond motifs is 1. The summed E-state index contributed by atoms with van der Waals surface area (Å²) in [5.41, 5.74) is 3.49. The summed E-state index contributed by atoms with van der Waals surface area (Å²) in [6.07, 6.45) is 6.34. The maximum absolute atomic E-state index is 5.54. The zero-order valence-electron chi connectivity index (χ0n) is 17.0. The van der Waals surface area contributed by atoms with Crippen molar-refractivity contribution in [3.63, 3.8) is 0 Å². The standard InChI is InChI=1S/C22H27N5O2/c1-28-18-5-6-21(29-2)17(13-18)15-25-9-11-26(12-10-25)22-20-14-19(16-3-4-16)24-27(20)8-7-23-22/h5-8,13-14,16H,3-4,9-12,15H2,1-2H3. The fourth-order valence-electron chi connectivity index (χ4n) is 4.11. The Morgan fingerprint density at radius 2 is 1.86 bits per heavy atom. The zero-order chi connectivity index (χ0) is 19.8. The third-order valence-corrected chi connectivity index (χ3v) is 5.94. The normalized spacial score (nSPS) is 17.7. The number of hydrogen-bond donors (Lipinski definition) is 0. The number of hydrogen-bond acceptors (Lipinski definition) is 6. The number of piperazine rings is 1. The summed E-state index contributed by atoms with van der Waals surface area (Å²) in [6.45, 7) is 4.70. The first-order chi connectivity index (χ1) is 14.2. The maximum atomic E-state index is 5.54. The average molecular weight is 393 g/mol. The largest absolute Gasteiger partial charge is 0.497 e. The second-order valence-electron chi connectivity index (χ2n) is 7.87. The topological polar surface area (TPSA) is 55.1 Å². The molecule has 152 valence electrons.